The van der Waals surface area contributed by atoms with E-state index in [-0.39, 0.29) is 5.69 Å². The molecule has 8 nitrogen and oxygen atoms in total. The van der Waals surface area contributed by atoms with E-state index in [9.17, 15) is 14.4 Å². The van der Waals surface area contributed by atoms with Gasteiger partial charge in [0.25, 0.3) is 0 Å². The zero-order valence-electron chi connectivity index (χ0n) is 16.6. The molecule has 0 atom stereocenters. The average Bonchev–Trinajstić information content (AvgIpc) is 2.77. The lowest BCUT2D eigenvalue weighted by Crippen LogP contribution is -2.48. The topological polar surface area (TPSA) is 95.3 Å². The van der Waals surface area contributed by atoms with Gasteiger partial charge in [-0.2, -0.15) is 0 Å². The highest BCUT2D eigenvalue weighted by molar-refractivity contribution is 5.50. The van der Waals surface area contributed by atoms with Crippen molar-refractivity contribution in [2.24, 2.45) is 0 Å². The molecule has 4 rings (SSSR count). The van der Waals surface area contributed by atoms with Crippen LogP contribution in [0.3, 0.4) is 0 Å². The summed E-state index contributed by atoms with van der Waals surface area (Å²) in [5.41, 5.74) is -1.87. The first-order chi connectivity index (χ1) is 15.1. The predicted octanol–water partition coefficient (Wildman–Crippen LogP) is 2.87. The van der Waals surface area contributed by atoms with E-state index in [0.29, 0.717) is 29.5 Å². The van der Waals surface area contributed by atoms with Gasteiger partial charge in [-0.05, 0) is 43.3 Å². The van der Waals surface area contributed by atoms with Gasteiger partial charge in [-0.3, -0.25) is 4.98 Å². The van der Waals surface area contributed by atoms with Gasteiger partial charge in [0.2, 0.25) is 0 Å². The number of hydrogen-bond acceptors (Lipinski definition) is 5. The summed E-state index contributed by atoms with van der Waals surface area (Å²) in [5, 5.41) is 0. The molecule has 0 fully saturated rings. The summed E-state index contributed by atoms with van der Waals surface area (Å²) < 4.78 is 13.3. The van der Waals surface area contributed by atoms with Crippen LogP contribution >= 0.6 is 0 Å². The number of benzene rings is 3. The molecule has 0 aliphatic heterocycles. The van der Waals surface area contributed by atoms with Gasteiger partial charge >= 0.3 is 17.1 Å². The van der Waals surface area contributed by atoms with Crippen molar-refractivity contribution in [2.45, 2.75) is 6.92 Å². The van der Waals surface area contributed by atoms with Crippen molar-refractivity contribution < 1.29 is 9.47 Å². The molecule has 0 spiro atoms. The van der Waals surface area contributed by atoms with Crippen LogP contribution in [0.5, 0.6) is 17.2 Å². The molecule has 156 valence electrons. The van der Waals surface area contributed by atoms with Gasteiger partial charge in [-0.25, -0.2) is 23.5 Å². The average molecular weight is 417 g/mol. The van der Waals surface area contributed by atoms with Gasteiger partial charge < -0.3 is 9.47 Å². The van der Waals surface area contributed by atoms with Crippen LogP contribution in [0.2, 0.25) is 0 Å². The summed E-state index contributed by atoms with van der Waals surface area (Å²) in [5.74, 6) is 1.40. The van der Waals surface area contributed by atoms with Crippen LogP contribution in [0.4, 0.5) is 0 Å². The van der Waals surface area contributed by atoms with Crippen LogP contribution in [-0.2, 0) is 0 Å². The number of aromatic nitrogens is 3. The van der Waals surface area contributed by atoms with E-state index in [4.69, 9.17) is 9.47 Å². The summed E-state index contributed by atoms with van der Waals surface area (Å²) in [6, 6.07) is 22.2. The molecule has 1 heterocycles. The number of para-hydroxylation sites is 2. The molecule has 8 heteroatoms. The Morgan fingerprint density at radius 1 is 0.742 bits per heavy atom. The lowest BCUT2D eigenvalue weighted by Gasteiger charge is -2.14. The van der Waals surface area contributed by atoms with Crippen LogP contribution in [0.1, 0.15) is 6.92 Å². The molecule has 0 bridgehead atoms. The van der Waals surface area contributed by atoms with Crippen molar-refractivity contribution in [3.05, 3.63) is 110 Å². The smallest absolute Gasteiger partial charge is 0.345 e. The maximum Gasteiger partial charge on any atom is 0.345 e. The Balaban J connectivity index is 1.85. The lowest BCUT2D eigenvalue weighted by molar-refractivity contribution is 0.321. The van der Waals surface area contributed by atoms with E-state index in [2.05, 4.69) is 4.98 Å². The van der Waals surface area contributed by atoms with Crippen molar-refractivity contribution >= 4 is 0 Å². The Bertz CT molecular complexity index is 1370. The summed E-state index contributed by atoms with van der Waals surface area (Å²) >= 11 is 0. The Morgan fingerprint density at radius 3 is 2.00 bits per heavy atom. The normalized spacial score (nSPS) is 10.6. The summed E-state index contributed by atoms with van der Waals surface area (Å²) in [4.78, 5) is 40.1. The van der Waals surface area contributed by atoms with Crippen molar-refractivity contribution in [1.29, 1.82) is 0 Å². The van der Waals surface area contributed by atoms with Crippen LogP contribution < -0.4 is 26.5 Å². The molecular weight excluding hydrogens is 398 g/mol. The molecule has 1 aromatic heterocycles. The van der Waals surface area contributed by atoms with Gasteiger partial charge in [0.05, 0.1) is 18.0 Å². The molecule has 31 heavy (non-hydrogen) atoms. The van der Waals surface area contributed by atoms with Crippen molar-refractivity contribution in [1.82, 2.24) is 14.1 Å². The highest BCUT2D eigenvalue weighted by Gasteiger charge is 2.16. The minimum absolute atomic E-state index is 0.236. The Kier molecular flexibility index (Phi) is 5.53. The first-order valence-corrected chi connectivity index (χ1v) is 9.62. The third-order valence-corrected chi connectivity index (χ3v) is 4.47. The molecule has 0 radical (unpaired) electrons. The van der Waals surface area contributed by atoms with E-state index in [0.717, 1.165) is 9.13 Å². The van der Waals surface area contributed by atoms with Gasteiger partial charge in [-0.1, -0.05) is 36.4 Å². The Hall–Kier alpha value is -4.33. The molecule has 0 saturated carbocycles. The van der Waals surface area contributed by atoms with Crippen LogP contribution in [0.15, 0.2) is 93.2 Å². The Labute approximate surface area is 176 Å². The number of H-pyrrole nitrogens is 1. The third kappa shape index (κ3) is 4.04. The van der Waals surface area contributed by atoms with Gasteiger partial charge in [-0.15, -0.1) is 0 Å². The molecule has 0 amide bonds. The maximum absolute atomic E-state index is 13.1. The highest BCUT2D eigenvalue weighted by atomic mass is 16.5. The fourth-order valence-electron chi connectivity index (χ4n) is 3.11. The molecule has 0 unspecified atom stereocenters. The monoisotopic (exact) mass is 417 g/mol. The number of rotatable bonds is 6. The number of nitrogens with one attached hydrogen (secondary N) is 1. The first-order valence-electron chi connectivity index (χ1n) is 9.62. The van der Waals surface area contributed by atoms with E-state index in [1.54, 1.807) is 54.6 Å². The molecule has 0 saturated heterocycles. The standard InChI is InChI=1S/C23H19N3O5/c1-2-30-20-15-17(13-14-19(20)31-18-11-7-4-8-12-18)26-22(28)24-21(27)25(23(26)29)16-9-5-3-6-10-16/h3-15H,2H2,1H3,(H,24,27,28). The van der Waals surface area contributed by atoms with Crippen molar-refractivity contribution in [2.75, 3.05) is 6.61 Å². The van der Waals surface area contributed by atoms with Crippen LogP contribution in [0.25, 0.3) is 11.4 Å². The van der Waals surface area contributed by atoms with Gasteiger partial charge in [0.1, 0.15) is 5.75 Å². The largest absolute Gasteiger partial charge is 0.490 e. The van der Waals surface area contributed by atoms with E-state index in [1.165, 1.54) is 6.07 Å². The molecule has 0 aliphatic rings. The summed E-state index contributed by atoms with van der Waals surface area (Å²) in [6.07, 6.45) is 0. The Morgan fingerprint density at radius 2 is 1.35 bits per heavy atom. The van der Waals surface area contributed by atoms with Gasteiger partial charge in [0, 0.05) is 6.07 Å². The zero-order valence-corrected chi connectivity index (χ0v) is 16.6. The summed E-state index contributed by atoms with van der Waals surface area (Å²) in [6.45, 7) is 2.16. The molecule has 4 aromatic rings. The second-order valence-corrected chi connectivity index (χ2v) is 6.50. The third-order valence-electron chi connectivity index (χ3n) is 4.47. The number of ether oxygens (including phenoxy) is 2. The van der Waals surface area contributed by atoms with E-state index in [1.807, 2.05) is 25.1 Å². The molecule has 1 N–H and O–H groups in total. The minimum Gasteiger partial charge on any atom is -0.490 e. The SMILES string of the molecule is CCOc1cc(-n2c(=O)[nH]c(=O)n(-c3ccccc3)c2=O)ccc1Oc1ccccc1. The number of hydrogen-bond donors (Lipinski definition) is 1. The molecular formula is C23H19N3O5. The molecule has 3 aromatic carbocycles. The number of aromatic amines is 1. The predicted molar refractivity (Wildman–Crippen MR) is 116 cm³/mol. The van der Waals surface area contributed by atoms with Gasteiger partial charge in [0.15, 0.2) is 11.5 Å². The second kappa shape index (κ2) is 8.58. The quantitative estimate of drug-likeness (QED) is 0.521. The maximum atomic E-state index is 13.1. The molecule has 0 aliphatic carbocycles. The summed E-state index contributed by atoms with van der Waals surface area (Å²) in [7, 11) is 0. The van der Waals surface area contributed by atoms with Crippen LogP contribution in [0, 0.1) is 0 Å². The minimum atomic E-state index is -0.846. The van der Waals surface area contributed by atoms with Crippen molar-refractivity contribution in [3.8, 4) is 28.6 Å². The van der Waals surface area contributed by atoms with E-state index >= 15 is 0 Å². The number of nitrogens with zero attached hydrogens (tertiary/aromatic N) is 2. The lowest BCUT2D eigenvalue weighted by atomic mass is 10.2. The second-order valence-electron chi connectivity index (χ2n) is 6.50. The highest BCUT2D eigenvalue weighted by Crippen LogP contribution is 2.33. The fraction of sp³-hybridized carbons (Fsp3) is 0.0870. The van der Waals surface area contributed by atoms with Crippen molar-refractivity contribution in [3.63, 3.8) is 0 Å². The fourth-order valence-corrected chi connectivity index (χ4v) is 3.11. The first kappa shape index (κ1) is 20.0. The van der Waals surface area contributed by atoms with Crippen LogP contribution in [-0.4, -0.2) is 20.7 Å². The van der Waals surface area contributed by atoms with E-state index < -0.39 is 17.1 Å². The zero-order chi connectivity index (χ0) is 21.8.